The number of hydrogen-bond acceptors (Lipinski definition) is 2. The molecule has 0 unspecified atom stereocenters. The summed E-state index contributed by atoms with van der Waals surface area (Å²) >= 11 is 0. The van der Waals surface area contributed by atoms with Crippen LogP contribution in [0.3, 0.4) is 0 Å². The monoisotopic (exact) mass is 261 g/mol. The van der Waals surface area contributed by atoms with Gasteiger partial charge in [-0.2, -0.15) is 13.2 Å². The summed E-state index contributed by atoms with van der Waals surface area (Å²) in [6.45, 7) is 7.33. The van der Waals surface area contributed by atoms with Crippen molar-refractivity contribution in [1.29, 1.82) is 0 Å². The molecule has 2 nitrogen and oxygen atoms in total. The lowest BCUT2D eigenvalue weighted by molar-refractivity contribution is -0.143. The van der Waals surface area contributed by atoms with Gasteiger partial charge in [-0.3, -0.25) is 0 Å². The van der Waals surface area contributed by atoms with Crippen LogP contribution in [0.2, 0.25) is 0 Å². The lowest BCUT2D eigenvalue weighted by Gasteiger charge is -2.06. The van der Waals surface area contributed by atoms with E-state index in [2.05, 4.69) is 5.16 Å². The second kappa shape index (κ2) is 5.59. The number of alkyl halides is 3. The van der Waals surface area contributed by atoms with Gasteiger partial charge in [-0.05, 0) is 24.8 Å². The van der Waals surface area contributed by atoms with Crippen LogP contribution in [0.4, 0.5) is 13.2 Å². The highest BCUT2D eigenvalue weighted by Crippen LogP contribution is 2.35. The maximum atomic E-state index is 12.6. The molecule has 5 heteroatoms. The molecule has 0 aliphatic rings. The molecule has 18 heavy (non-hydrogen) atoms. The fraction of sp³-hybridized carbons (Fsp3) is 0.615. The van der Waals surface area contributed by atoms with Crippen LogP contribution in [-0.2, 0) is 6.18 Å². The first-order valence-electron chi connectivity index (χ1n) is 6.01. The summed E-state index contributed by atoms with van der Waals surface area (Å²) in [5.74, 6) is 0.517. The van der Waals surface area contributed by atoms with Gasteiger partial charge in [0.2, 0.25) is 0 Å². The van der Waals surface area contributed by atoms with Gasteiger partial charge in [0.05, 0.1) is 0 Å². The number of aromatic nitrogens is 1. The van der Waals surface area contributed by atoms with Gasteiger partial charge in [-0.25, -0.2) is 0 Å². The van der Waals surface area contributed by atoms with E-state index in [-0.39, 0.29) is 17.2 Å². The SMILES string of the molecule is CCC/C(=C\C(C)C)c1onc(C(F)(F)F)c1C. The van der Waals surface area contributed by atoms with Gasteiger partial charge in [0.15, 0.2) is 11.5 Å². The molecule has 0 radical (unpaired) electrons. The Morgan fingerprint density at radius 2 is 2.00 bits per heavy atom. The Bertz CT molecular complexity index is 430. The van der Waals surface area contributed by atoms with Crippen LogP contribution in [-0.4, -0.2) is 5.16 Å². The molecule has 102 valence electrons. The maximum Gasteiger partial charge on any atom is 0.437 e. The van der Waals surface area contributed by atoms with E-state index in [0.717, 1.165) is 12.0 Å². The van der Waals surface area contributed by atoms with Crippen LogP contribution < -0.4 is 0 Å². The van der Waals surface area contributed by atoms with Crippen LogP contribution in [0, 0.1) is 12.8 Å². The molecule has 0 fully saturated rings. The van der Waals surface area contributed by atoms with Crippen molar-refractivity contribution in [2.45, 2.75) is 46.7 Å². The highest BCUT2D eigenvalue weighted by atomic mass is 19.4. The van der Waals surface area contributed by atoms with E-state index in [1.54, 1.807) is 0 Å². The molecule has 0 amide bonds. The van der Waals surface area contributed by atoms with Crippen molar-refractivity contribution >= 4 is 5.57 Å². The molecule has 0 N–H and O–H groups in total. The van der Waals surface area contributed by atoms with Crippen LogP contribution >= 0.6 is 0 Å². The summed E-state index contributed by atoms with van der Waals surface area (Å²) < 4.78 is 42.8. The number of hydrogen-bond donors (Lipinski definition) is 0. The van der Waals surface area contributed by atoms with E-state index in [9.17, 15) is 13.2 Å². The van der Waals surface area contributed by atoms with Gasteiger partial charge in [0, 0.05) is 5.56 Å². The smallest absolute Gasteiger partial charge is 0.356 e. The molecule has 1 aromatic heterocycles. The van der Waals surface area contributed by atoms with E-state index in [0.29, 0.717) is 6.42 Å². The molecule has 0 spiro atoms. The highest BCUT2D eigenvalue weighted by molar-refractivity contribution is 5.64. The first-order valence-corrected chi connectivity index (χ1v) is 6.01. The summed E-state index contributed by atoms with van der Waals surface area (Å²) in [4.78, 5) is 0. The fourth-order valence-electron chi connectivity index (χ4n) is 1.84. The number of rotatable bonds is 4. The Morgan fingerprint density at radius 1 is 1.39 bits per heavy atom. The first kappa shape index (κ1) is 14.8. The van der Waals surface area contributed by atoms with Gasteiger partial charge in [-0.1, -0.05) is 38.4 Å². The maximum absolute atomic E-state index is 12.6. The second-order valence-corrected chi connectivity index (χ2v) is 4.67. The minimum Gasteiger partial charge on any atom is -0.356 e. The third-order valence-corrected chi connectivity index (χ3v) is 2.54. The molecule has 0 bridgehead atoms. The minimum absolute atomic E-state index is 0.0721. The highest BCUT2D eigenvalue weighted by Gasteiger charge is 2.38. The van der Waals surface area contributed by atoms with Crippen LogP contribution in [0.25, 0.3) is 5.57 Å². The van der Waals surface area contributed by atoms with Crippen LogP contribution in [0.15, 0.2) is 10.6 Å². The van der Waals surface area contributed by atoms with E-state index >= 15 is 0 Å². The molecule has 0 aromatic carbocycles. The Balaban J connectivity index is 3.19. The summed E-state index contributed by atoms with van der Waals surface area (Å²) in [6, 6.07) is 0. The van der Waals surface area contributed by atoms with Gasteiger partial charge < -0.3 is 4.52 Å². The van der Waals surface area contributed by atoms with Gasteiger partial charge in [0.25, 0.3) is 0 Å². The molecule has 1 aromatic rings. The van der Waals surface area contributed by atoms with Crippen molar-refractivity contribution in [2.24, 2.45) is 5.92 Å². The first-order chi connectivity index (χ1) is 8.27. The third-order valence-electron chi connectivity index (χ3n) is 2.54. The fourth-order valence-corrected chi connectivity index (χ4v) is 1.84. The Labute approximate surface area is 105 Å². The predicted molar refractivity (Wildman–Crippen MR) is 64.0 cm³/mol. The zero-order valence-electron chi connectivity index (χ0n) is 11.1. The Kier molecular flexibility index (Phi) is 4.59. The number of allylic oxidation sites excluding steroid dienone is 2. The van der Waals surface area contributed by atoms with Gasteiger partial charge >= 0.3 is 6.18 Å². The van der Waals surface area contributed by atoms with Crippen molar-refractivity contribution < 1.29 is 17.7 Å². The predicted octanol–water partition coefficient (Wildman–Crippen LogP) is 4.84. The van der Waals surface area contributed by atoms with Crippen LogP contribution in [0.5, 0.6) is 0 Å². The summed E-state index contributed by atoms with van der Waals surface area (Å²) in [5, 5.41) is 3.16. The second-order valence-electron chi connectivity index (χ2n) is 4.67. The summed E-state index contributed by atoms with van der Waals surface area (Å²) in [7, 11) is 0. The lowest BCUT2D eigenvalue weighted by atomic mass is 10.00. The molecule has 1 rings (SSSR count). The van der Waals surface area contributed by atoms with Crippen molar-refractivity contribution in [2.75, 3.05) is 0 Å². The minimum atomic E-state index is -4.46. The molecule has 1 heterocycles. The van der Waals surface area contributed by atoms with E-state index in [1.807, 2.05) is 26.8 Å². The largest absolute Gasteiger partial charge is 0.437 e. The van der Waals surface area contributed by atoms with Crippen LogP contribution in [0.1, 0.15) is 50.6 Å². The summed E-state index contributed by atoms with van der Waals surface area (Å²) in [6.07, 6.45) is -0.996. The molecule has 0 aliphatic heterocycles. The molecule has 0 atom stereocenters. The van der Waals surface area contributed by atoms with Gasteiger partial charge in [-0.15, -0.1) is 0 Å². The van der Waals surface area contributed by atoms with E-state index in [1.165, 1.54) is 6.92 Å². The zero-order valence-corrected chi connectivity index (χ0v) is 11.1. The lowest BCUT2D eigenvalue weighted by Crippen LogP contribution is -2.07. The number of nitrogens with zero attached hydrogens (tertiary/aromatic N) is 1. The van der Waals surface area contributed by atoms with Crippen molar-refractivity contribution in [1.82, 2.24) is 5.16 Å². The molecule has 0 aliphatic carbocycles. The third kappa shape index (κ3) is 3.37. The standard InChI is InChI=1S/C13H18F3NO/c1-5-6-10(7-8(2)3)11-9(4)12(17-18-11)13(14,15)16/h7-8H,5-6H2,1-4H3/b10-7+. The molecule has 0 saturated heterocycles. The summed E-state index contributed by atoms with van der Waals surface area (Å²) in [5.41, 5.74) is -0.0564. The van der Waals surface area contributed by atoms with Gasteiger partial charge in [0.1, 0.15) is 0 Å². The normalized spacial score (nSPS) is 13.4. The Hall–Kier alpha value is -1.26. The molecule has 0 saturated carbocycles. The topological polar surface area (TPSA) is 26.0 Å². The van der Waals surface area contributed by atoms with Crippen molar-refractivity contribution in [3.8, 4) is 0 Å². The van der Waals surface area contributed by atoms with E-state index in [4.69, 9.17) is 4.52 Å². The molecular weight excluding hydrogens is 243 g/mol. The van der Waals surface area contributed by atoms with E-state index < -0.39 is 11.9 Å². The quantitative estimate of drug-likeness (QED) is 0.775. The van der Waals surface area contributed by atoms with Crippen molar-refractivity contribution in [3.63, 3.8) is 0 Å². The average molecular weight is 261 g/mol. The Morgan fingerprint density at radius 3 is 2.39 bits per heavy atom. The average Bonchev–Trinajstić information content (AvgIpc) is 2.58. The zero-order chi connectivity index (χ0) is 13.9. The van der Waals surface area contributed by atoms with Crippen molar-refractivity contribution in [3.05, 3.63) is 23.1 Å². The number of halogens is 3. The molecular formula is C13H18F3NO.